The minimum absolute atomic E-state index is 0.0720. The maximum absolute atomic E-state index is 13.4. The second-order valence-electron chi connectivity index (χ2n) is 6.24. The van der Waals surface area contributed by atoms with Crippen LogP contribution < -0.4 is 4.74 Å². The average Bonchev–Trinajstić information content (AvgIpc) is 2.97. The molecule has 0 spiro atoms. The van der Waals surface area contributed by atoms with E-state index in [1.54, 1.807) is 24.3 Å². The number of halogens is 1. The van der Waals surface area contributed by atoms with Gasteiger partial charge >= 0.3 is 0 Å². The van der Waals surface area contributed by atoms with Gasteiger partial charge in [-0.25, -0.2) is 4.39 Å². The van der Waals surface area contributed by atoms with Gasteiger partial charge in [-0.2, -0.15) is 0 Å². The first kappa shape index (κ1) is 19.6. The number of hydrogen-bond acceptors (Lipinski definition) is 5. The molecule has 146 valence electrons. The van der Waals surface area contributed by atoms with Crippen LogP contribution >= 0.6 is 0 Å². The largest absolute Gasteiger partial charge is 0.507 e. The first-order valence-corrected chi connectivity index (χ1v) is 8.65. The Morgan fingerprint density at radius 2 is 1.79 bits per heavy atom. The number of amides is 1. The Hall–Kier alpha value is -3.19. The number of likely N-dealkylation sites (tertiary alicyclic amines) is 1. The fourth-order valence-electron chi connectivity index (χ4n) is 3.28. The van der Waals surface area contributed by atoms with Crippen LogP contribution in [0.15, 0.2) is 54.1 Å². The van der Waals surface area contributed by atoms with E-state index in [0.717, 1.165) is 0 Å². The zero-order valence-electron chi connectivity index (χ0n) is 15.5. The zero-order chi connectivity index (χ0) is 20.3. The van der Waals surface area contributed by atoms with Crippen LogP contribution in [0.5, 0.6) is 5.75 Å². The van der Waals surface area contributed by atoms with Crippen LogP contribution in [0.4, 0.5) is 4.39 Å². The zero-order valence-corrected chi connectivity index (χ0v) is 15.5. The van der Waals surface area contributed by atoms with E-state index >= 15 is 0 Å². The summed E-state index contributed by atoms with van der Waals surface area (Å²) in [5, 5.41) is 10.9. The molecule has 1 fully saturated rings. The predicted octanol–water partition coefficient (Wildman–Crippen LogP) is 2.90. The van der Waals surface area contributed by atoms with Gasteiger partial charge in [0.1, 0.15) is 17.3 Å². The Labute approximate surface area is 161 Å². The summed E-state index contributed by atoms with van der Waals surface area (Å²) in [5.74, 6) is -1.98. The van der Waals surface area contributed by atoms with Crippen molar-refractivity contribution in [1.82, 2.24) is 4.90 Å². The number of rotatable bonds is 6. The lowest BCUT2D eigenvalue weighted by atomic mass is 9.95. The number of nitrogens with zero attached hydrogens (tertiary/aromatic N) is 1. The lowest BCUT2D eigenvalue weighted by molar-refractivity contribution is -0.140. The van der Waals surface area contributed by atoms with Gasteiger partial charge in [0, 0.05) is 13.7 Å². The lowest BCUT2D eigenvalue weighted by Crippen LogP contribution is -2.32. The van der Waals surface area contributed by atoms with Crippen molar-refractivity contribution in [2.24, 2.45) is 0 Å². The highest BCUT2D eigenvalue weighted by atomic mass is 19.1. The highest BCUT2D eigenvalue weighted by Crippen LogP contribution is 2.40. The second kappa shape index (κ2) is 8.22. The summed E-state index contributed by atoms with van der Waals surface area (Å²) in [6, 6.07) is 11.3. The summed E-state index contributed by atoms with van der Waals surface area (Å²) in [7, 11) is 2.93. The van der Waals surface area contributed by atoms with Gasteiger partial charge in [0.15, 0.2) is 0 Å². The number of aliphatic hydroxyl groups is 1. The number of benzene rings is 2. The van der Waals surface area contributed by atoms with Crippen molar-refractivity contribution < 1.29 is 28.6 Å². The third-order valence-electron chi connectivity index (χ3n) is 4.62. The van der Waals surface area contributed by atoms with Crippen LogP contribution in [0.25, 0.3) is 5.76 Å². The Balaban J connectivity index is 2.19. The summed E-state index contributed by atoms with van der Waals surface area (Å²) < 4.78 is 23.7. The number of aliphatic hydroxyl groups excluding tert-OH is 1. The molecule has 2 aromatic carbocycles. The van der Waals surface area contributed by atoms with Gasteiger partial charge < -0.3 is 19.5 Å². The molecule has 1 saturated heterocycles. The number of carbonyl (C=O) groups is 2. The van der Waals surface area contributed by atoms with E-state index in [1.807, 2.05) is 0 Å². The molecule has 7 heteroatoms. The van der Waals surface area contributed by atoms with E-state index in [-0.39, 0.29) is 24.5 Å². The van der Waals surface area contributed by atoms with Crippen molar-refractivity contribution in [3.63, 3.8) is 0 Å². The SMILES string of the molecule is COCCN1C(=O)C(=O)/C(=C(\O)c2ccccc2OC)C1c1ccc(F)cc1. The molecule has 3 rings (SSSR count). The summed E-state index contributed by atoms with van der Waals surface area (Å²) >= 11 is 0. The fraction of sp³-hybridized carbons (Fsp3) is 0.238. The number of ketones is 1. The molecule has 1 aliphatic heterocycles. The smallest absolute Gasteiger partial charge is 0.295 e. The molecule has 1 aliphatic rings. The molecular formula is C21H20FNO5. The van der Waals surface area contributed by atoms with Crippen molar-refractivity contribution in [3.05, 3.63) is 71.0 Å². The number of para-hydroxylation sites is 1. The topological polar surface area (TPSA) is 76.1 Å². The monoisotopic (exact) mass is 385 g/mol. The molecule has 0 aliphatic carbocycles. The molecule has 1 N–H and O–H groups in total. The Morgan fingerprint density at radius 1 is 1.11 bits per heavy atom. The van der Waals surface area contributed by atoms with Crippen molar-refractivity contribution >= 4 is 17.4 Å². The van der Waals surface area contributed by atoms with E-state index < -0.39 is 23.5 Å². The van der Waals surface area contributed by atoms with Crippen LogP contribution in [0.2, 0.25) is 0 Å². The van der Waals surface area contributed by atoms with E-state index in [1.165, 1.54) is 43.4 Å². The maximum atomic E-state index is 13.4. The summed E-state index contributed by atoms with van der Waals surface area (Å²) in [4.78, 5) is 26.7. The van der Waals surface area contributed by atoms with Gasteiger partial charge in [0.05, 0.1) is 30.9 Å². The Morgan fingerprint density at radius 3 is 2.43 bits per heavy atom. The highest BCUT2D eigenvalue weighted by Gasteiger charge is 2.46. The van der Waals surface area contributed by atoms with Crippen LogP contribution in [-0.2, 0) is 14.3 Å². The van der Waals surface area contributed by atoms with Gasteiger partial charge in [0.2, 0.25) is 0 Å². The van der Waals surface area contributed by atoms with Crippen molar-refractivity contribution in [2.45, 2.75) is 6.04 Å². The molecule has 0 saturated carbocycles. The first-order valence-electron chi connectivity index (χ1n) is 8.65. The quantitative estimate of drug-likeness (QED) is 0.470. The van der Waals surface area contributed by atoms with Gasteiger partial charge in [-0.05, 0) is 29.8 Å². The molecule has 1 heterocycles. The van der Waals surface area contributed by atoms with Crippen molar-refractivity contribution in [2.75, 3.05) is 27.4 Å². The fourth-order valence-corrected chi connectivity index (χ4v) is 3.28. The molecular weight excluding hydrogens is 365 g/mol. The predicted molar refractivity (Wildman–Crippen MR) is 100 cm³/mol. The number of hydrogen-bond donors (Lipinski definition) is 1. The maximum Gasteiger partial charge on any atom is 0.295 e. The molecule has 28 heavy (non-hydrogen) atoms. The third-order valence-corrected chi connectivity index (χ3v) is 4.62. The van der Waals surface area contributed by atoms with Crippen LogP contribution in [-0.4, -0.2) is 49.1 Å². The van der Waals surface area contributed by atoms with Crippen molar-refractivity contribution in [3.8, 4) is 5.75 Å². The Bertz CT molecular complexity index is 923. The molecule has 1 amide bonds. The normalized spacial score (nSPS) is 18.5. The standard InChI is InChI=1S/C21H20FNO5/c1-27-12-11-23-18(13-7-9-14(22)10-8-13)17(20(25)21(23)26)19(24)15-5-3-4-6-16(15)28-2/h3-10,18,24H,11-12H2,1-2H3/b19-17-. The molecule has 0 aromatic heterocycles. The molecule has 6 nitrogen and oxygen atoms in total. The van der Waals surface area contributed by atoms with Gasteiger partial charge in [-0.1, -0.05) is 24.3 Å². The molecule has 1 unspecified atom stereocenters. The average molecular weight is 385 g/mol. The summed E-state index contributed by atoms with van der Waals surface area (Å²) in [6.45, 7) is 0.352. The van der Waals surface area contributed by atoms with Gasteiger partial charge in [-0.3, -0.25) is 9.59 Å². The van der Waals surface area contributed by atoms with Crippen LogP contribution in [0.1, 0.15) is 17.2 Å². The second-order valence-corrected chi connectivity index (χ2v) is 6.24. The molecule has 1 atom stereocenters. The van der Waals surface area contributed by atoms with E-state index in [4.69, 9.17) is 9.47 Å². The number of Topliss-reactive ketones (excluding diaryl/α,β-unsaturated/α-hetero) is 1. The van der Waals surface area contributed by atoms with E-state index in [2.05, 4.69) is 0 Å². The van der Waals surface area contributed by atoms with Crippen LogP contribution in [0.3, 0.4) is 0 Å². The minimum atomic E-state index is -0.860. The lowest BCUT2D eigenvalue weighted by Gasteiger charge is -2.25. The molecule has 0 radical (unpaired) electrons. The highest BCUT2D eigenvalue weighted by molar-refractivity contribution is 6.46. The molecule has 0 bridgehead atoms. The summed E-state index contributed by atoms with van der Waals surface area (Å²) in [6.07, 6.45) is 0. The Kier molecular flexibility index (Phi) is 5.75. The third kappa shape index (κ3) is 3.48. The van der Waals surface area contributed by atoms with E-state index in [0.29, 0.717) is 16.9 Å². The van der Waals surface area contributed by atoms with Gasteiger partial charge in [-0.15, -0.1) is 0 Å². The first-order chi connectivity index (χ1) is 13.5. The van der Waals surface area contributed by atoms with Crippen molar-refractivity contribution in [1.29, 1.82) is 0 Å². The van der Waals surface area contributed by atoms with Crippen LogP contribution in [0, 0.1) is 5.82 Å². The number of carbonyl (C=O) groups excluding carboxylic acids is 2. The number of methoxy groups -OCH3 is 2. The number of ether oxygens (including phenoxy) is 2. The minimum Gasteiger partial charge on any atom is -0.507 e. The summed E-state index contributed by atoms with van der Waals surface area (Å²) in [5.41, 5.74) is 0.729. The van der Waals surface area contributed by atoms with E-state index in [9.17, 15) is 19.1 Å². The molecule has 2 aromatic rings. The van der Waals surface area contributed by atoms with Gasteiger partial charge in [0.25, 0.3) is 11.7 Å².